The van der Waals surface area contributed by atoms with Crippen molar-refractivity contribution in [3.8, 4) is 0 Å². The summed E-state index contributed by atoms with van der Waals surface area (Å²) in [5, 5.41) is 8.74. The van der Waals surface area contributed by atoms with E-state index in [1.807, 2.05) is 14.1 Å². The molecule has 3 heteroatoms. The largest absolute Gasteiger partial charge is 0.396 e. The Labute approximate surface area is 93.7 Å². The van der Waals surface area contributed by atoms with Gasteiger partial charge in [0.2, 0.25) is 0 Å². The van der Waals surface area contributed by atoms with Gasteiger partial charge in [-0.25, -0.2) is 0 Å². The second kappa shape index (κ2) is 5.37. The van der Waals surface area contributed by atoms with Crippen LogP contribution in [0.2, 0.25) is 0 Å². The number of aliphatic hydroxyl groups is 1. The van der Waals surface area contributed by atoms with E-state index in [1.54, 1.807) is 0 Å². The highest BCUT2D eigenvalue weighted by Gasteiger charge is 2.03. The van der Waals surface area contributed by atoms with E-state index in [0.717, 1.165) is 17.3 Å². The molecule has 0 heterocycles. The Morgan fingerprint density at radius 1 is 1.36 bits per heavy atom. The van der Waals surface area contributed by atoms with E-state index in [2.05, 4.69) is 39.0 Å². The van der Waals surface area contributed by atoms with Crippen molar-refractivity contribution in [1.82, 2.24) is 0 Å². The highest BCUT2D eigenvalue weighted by Crippen LogP contribution is 2.26. The summed E-state index contributed by atoms with van der Waals surface area (Å²) in [5.74, 6) is 0. The first-order valence-electron chi connectivity index (χ1n) is 4.71. The van der Waals surface area contributed by atoms with Crippen LogP contribution in [0.4, 0.5) is 5.69 Å². The number of hydrogen-bond acceptors (Lipinski definition) is 2. The Bertz CT molecular complexity index is 299. The first kappa shape index (κ1) is 11.5. The van der Waals surface area contributed by atoms with Gasteiger partial charge in [0.05, 0.1) is 5.69 Å². The van der Waals surface area contributed by atoms with Gasteiger partial charge in [-0.1, -0.05) is 6.07 Å². The van der Waals surface area contributed by atoms with E-state index in [-0.39, 0.29) is 6.61 Å². The predicted molar refractivity (Wildman–Crippen MR) is 63.9 cm³/mol. The second-order valence-corrected chi connectivity index (χ2v) is 4.36. The summed E-state index contributed by atoms with van der Waals surface area (Å²) in [6, 6.07) is 6.30. The summed E-state index contributed by atoms with van der Waals surface area (Å²) in [6.45, 7) is 0.257. The van der Waals surface area contributed by atoms with Gasteiger partial charge >= 0.3 is 0 Å². The van der Waals surface area contributed by atoms with Gasteiger partial charge in [0.25, 0.3) is 0 Å². The van der Waals surface area contributed by atoms with Crippen LogP contribution in [0.5, 0.6) is 0 Å². The third kappa shape index (κ3) is 3.00. The van der Waals surface area contributed by atoms with Crippen LogP contribution in [0.1, 0.15) is 12.0 Å². The molecule has 78 valence electrons. The van der Waals surface area contributed by atoms with Gasteiger partial charge < -0.3 is 10.0 Å². The second-order valence-electron chi connectivity index (χ2n) is 3.51. The molecule has 0 atom stereocenters. The molecule has 0 aromatic heterocycles. The molecule has 1 rings (SSSR count). The Morgan fingerprint density at radius 3 is 2.64 bits per heavy atom. The van der Waals surface area contributed by atoms with Crippen LogP contribution in [0.3, 0.4) is 0 Å². The van der Waals surface area contributed by atoms with Gasteiger partial charge in [0, 0.05) is 25.2 Å². The molecule has 1 aromatic rings. The van der Waals surface area contributed by atoms with Crippen molar-refractivity contribution in [2.45, 2.75) is 12.8 Å². The molecular formula is C11H16BrNO. The summed E-state index contributed by atoms with van der Waals surface area (Å²) < 4.78 is 1.11. The molecule has 0 fully saturated rings. The molecule has 0 spiro atoms. The molecule has 0 bridgehead atoms. The maximum atomic E-state index is 8.74. The van der Waals surface area contributed by atoms with E-state index in [4.69, 9.17) is 5.11 Å². The summed E-state index contributed by atoms with van der Waals surface area (Å²) in [4.78, 5) is 2.08. The maximum Gasteiger partial charge on any atom is 0.0508 e. The number of aryl methyl sites for hydroxylation is 1. The fourth-order valence-corrected chi connectivity index (χ4v) is 1.94. The lowest BCUT2D eigenvalue weighted by atomic mass is 10.1. The summed E-state index contributed by atoms with van der Waals surface area (Å²) in [7, 11) is 4.05. The Morgan fingerprint density at radius 2 is 2.07 bits per heavy atom. The number of anilines is 1. The maximum absolute atomic E-state index is 8.74. The summed E-state index contributed by atoms with van der Waals surface area (Å²) in [6.07, 6.45) is 1.76. The van der Waals surface area contributed by atoms with Gasteiger partial charge in [0.15, 0.2) is 0 Å². The van der Waals surface area contributed by atoms with E-state index >= 15 is 0 Å². The molecule has 0 aliphatic carbocycles. The van der Waals surface area contributed by atoms with Gasteiger partial charge in [-0.3, -0.25) is 0 Å². The zero-order chi connectivity index (χ0) is 10.6. The summed E-state index contributed by atoms with van der Waals surface area (Å²) in [5.41, 5.74) is 2.45. The number of benzene rings is 1. The molecule has 14 heavy (non-hydrogen) atoms. The fraction of sp³-hybridized carbons (Fsp3) is 0.455. The first-order chi connectivity index (χ1) is 6.65. The van der Waals surface area contributed by atoms with Crippen molar-refractivity contribution in [2.75, 3.05) is 25.6 Å². The molecular weight excluding hydrogens is 242 g/mol. The van der Waals surface area contributed by atoms with Crippen molar-refractivity contribution in [3.63, 3.8) is 0 Å². The molecule has 0 unspecified atom stereocenters. The third-order valence-corrected chi connectivity index (χ3v) is 2.79. The van der Waals surface area contributed by atoms with E-state index in [0.29, 0.717) is 0 Å². The number of nitrogens with zero attached hydrogens (tertiary/aromatic N) is 1. The van der Waals surface area contributed by atoms with Crippen LogP contribution >= 0.6 is 15.9 Å². The fourth-order valence-electron chi connectivity index (χ4n) is 1.34. The monoisotopic (exact) mass is 257 g/mol. The van der Waals surface area contributed by atoms with Crippen molar-refractivity contribution in [2.24, 2.45) is 0 Å². The third-order valence-electron chi connectivity index (χ3n) is 2.12. The average Bonchev–Trinajstić information content (AvgIpc) is 2.16. The molecule has 0 amide bonds. The van der Waals surface area contributed by atoms with Crippen molar-refractivity contribution >= 4 is 21.6 Å². The Hall–Kier alpha value is -0.540. The topological polar surface area (TPSA) is 23.5 Å². The van der Waals surface area contributed by atoms with Crippen molar-refractivity contribution in [1.29, 1.82) is 0 Å². The average molecular weight is 258 g/mol. The van der Waals surface area contributed by atoms with Gasteiger partial charge in [0.1, 0.15) is 0 Å². The zero-order valence-corrected chi connectivity index (χ0v) is 10.2. The van der Waals surface area contributed by atoms with Crippen molar-refractivity contribution < 1.29 is 5.11 Å². The molecule has 2 nitrogen and oxygen atoms in total. The van der Waals surface area contributed by atoms with Crippen molar-refractivity contribution in [3.05, 3.63) is 28.2 Å². The Kier molecular flexibility index (Phi) is 4.42. The lowest BCUT2D eigenvalue weighted by Crippen LogP contribution is -2.09. The molecule has 0 saturated heterocycles. The van der Waals surface area contributed by atoms with Crippen LogP contribution in [0.15, 0.2) is 22.7 Å². The lowest BCUT2D eigenvalue weighted by molar-refractivity contribution is 0.288. The summed E-state index contributed by atoms with van der Waals surface area (Å²) >= 11 is 3.51. The quantitative estimate of drug-likeness (QED) is 0.896. The van der Waals surface area contributed by atoms with Crippen LogP contribution in [0.25, 0.3) is 0 Å². The number of aliphatic hydroxyl groups excluding tert-OH is 1. The number of hydrogen-bond donors (Lipinski definition) is 1. The van der Waals surface area contributed by atoms with Gasteiger partial charge in [-0.15, -0.1) is 0 Å². The smallest absolute Gasteiger partial charge is 0.0508 e. The van der Waals surface area contributed by atoms with Crippen LogP contribution in [-0.4, -0.2) is 25.8 Å². The van der Waals surface area contributed by atoms with Crippen LogP contribution < -0.4 is 4.90 Å². The predicted octanol–water partition coefficient (Wildman–Crippen LogP) is 2.44. The Balaban J connectivity index is 2.83. The minimum Gasteiger partial charge on any atom is -0.396 e. The molecule has 0 aliphatic rings. The molecule has 0 aliphatic heterocycles. The number of rotatable bonds is 4. The number of halogens is 1. The first-order valence-corrected chi connectivity index (χ1v) is 5.51. The van der Waals surface area contributed by atoms with Gasteiger partial charge in [-0.05, 0) is 46.5 Å². The molecule has 0 radical (unpaired) electrons. The minimum absolute atomic E-state index is 0.257. The molecule has 1 N–H and O–H groups in total. The molecule has 0 saturated carbocycles. The van der Waals surface area contributed by atoms with E-state index in [9.17, 15) is 0 Å². The van der Waals surface area contributed by atoms with E-state index < -0.39 is 0 Å². The minimum atomic E-state index is 0.257. The van der Waals surface area contributed by atoms with E-state index in [1.165, 1.54) is 11.3 Å². The van der Waals surface area contributed by atoms with Crippen LogP contribution in [-0.2, 0) is 6.42 Å². The SMILES string of the molecule is CN(C)c1cc(CCCO)ccc1Br. The zero-order valence-electron chi connectivity index (χ0n) is 8.63. The normalized spacial score (nSPS) is 10.3. The van der Waals surface area contributed by atoms with Gasteiger partial charge in [-0.2, -0.15) is 0 Å². The van der Waals surface area contributed by atoms with Crippen LogP contribution in [0, 0.1) is 0 Å². The highest BCUT2D eigenvalue weighted by molar-refractivity contribution is 9.10. The standard InChI is InChI=1S/C11H16BrNO/c1-13(2)11-8-9(4-3-7-14)5-6-10(11)12/h5-6,8,14H,3-4,7H2,1-2H3. The highest BCUT2D eigenvalue weighted by atomic mass is 79.9. The molecule has 1 aromatic carbocycles. The lowest BCUT2D eigenvalue weighted by Gasteiger charge is -2.15.